The number of aromatic carboxylic acids is 1. The Morgan fingerprint density at radius 3 is 2.90 bits per heavy atom. The Morgan fingerprint density at radius 2 is 2.14 bits per heavy atom. The van der Waals surface area contributed by atoms with Crippen LogP contribution in [0.5, 0.6) is 11.5 Å². The summed E-state index contributed by atoms with van der Waals surface area (Å²) in [4.78, 5) is 13.0. The molecule has 1 aliphatic heterocycles. The average molecular weight is 285 g/mol. The normalized spacial score (nSPS) is 13.3. The van der Waals surface area contributed by atoms with E-state index in [2.05, 4.69) is 0 Å². The number of hydrogen-bond acceptors (Lipinski definition) is 4. The van der Waals surface area contributed by atoms with Crippen LogP contribution in [-0.4, -0.2) is 24.9 Å². The molecule has 2 aromatic rings. The van der Waals surface area contributed by atoms with Gasteiger partial charge in [-0.1, -0.05) is 6.07 Å². The Balaban J connectivity index is 1.88. The minimum Gasteiger partial charge on any atom is -0.497 e. The first-order valence-corrected chi connectivity index (χ1v) is 6.55. The van der Waals surface area contributed by atoms with Crippen LogP contribution in [0.3, 0.4) is 0 Å². The van der Waals surface area contributed by atoms with E-state index in [1.165, 1.54) is 0 Å². The summed E-state index contributed by atoms with van der Waals surface area (Å²) in [7, 11) is 1.62. The highest BCUT2D eigenvalue weighted by Gasteiger charge is 2.19. The molecule has 0 atom stereocenters. The van der Waals surface area contributed by atoms with E-state index in [1.807, 2.05) is 29.2 Å². The molecule has 1 heterocycles. The molecule has 1 N–H and O–H groups in total. The molecule has 0 radical (unpaired) electrons. The zero-order valence-corrected chi connectivity index (χ0v) is 11.6. The summed E-state index contributed by atoms with van der Waals surface area (Å²) in [5, 5.41) is 9.07. The maximum Gasteiger partial charge on any atom is 0.335 e. The van der Waals surface area contributed by atoms with Crippen LogP contribution in [0.1, 0.15) is 15.9 Å². The summed E-state index contributed by atoms with van der Waals surface area (Å²) in [6.07, 6.45) is 0. The predicted octanol–water partition coefficient (Wildman–Crippen LogP) is 2.75. The number of ether oxygens (including phenoxy) is 2. The third-order valence-corrected chi connectivity index (χ3v) is 3.46. The van der Waals surface area contributed by atoms with Gasteiger partial charge in [-0.25, -0.2) is 4.79 Å². The van der Waals surface area contributed by atoms with E-state index in [-0.39, 0.29) is 5.56 Å². The second kappa shape index (κ2) is 5.36. The van der Waals surface area contributed by atoms with Gasteiger partial charge in [-0.05, 0) is 36.4 Å². The first kappa shape index (κ1) is 13.3. The summed E-state index contributed by atoms with van der Waals surface area (Å²) < 4.78 is 10.9. The van der Waals surface area contributed by atoms with Crippen LogP contribution >= 0.6 is 0 Å². The molecule has 108 valence electrons. The van der Waals surface area contributed by atoms with Crippen LogP contribution in [-0.2, 0) is 6.54 Å². The molecule has 1 aliphatic rings. The molecule has 2 aromatic carbocycles. The summed E-state index contributed by atoms with van der Waals surface area (Å²) in [6.45, 7) is 1.04. The van der Waals surface area contributed by atoms with Crippen LogP contribution in [0.15, 0.2) is 42.5 Å². The Kier molecular flexibility index (Phi) is 3.39. The van der Waals surface area contributed by atoms with Crippen LogP contribution in [0, 0.1) is 0 Å². The highest BCUT2D eigenvalue weighted by atomic mass is 16.5. The topological polar surface area (TPSA) is 59.0 Å². The van der Waals surface area contributed by atoms with E-state index in [1.54, 1.807) is 25.3 Å². The van der Waals surface area contributed by atoms with Crippen molar-refractivity contribution in [3.05, 3.63) is 53.6 Å². The Morgan fingerprint density at radius 1 is 1.29 bits per heavy atom. The SMILES string of the molecule is COc1ccc2c(c1)CN(c1cccc(C(=O)O)c1)CO2. The molecule has 0 saturated heterocycles. The lowest BCUT2D eigenvalue weighted by Gasteiger charge is -2.31. The van der Waals surface area contributed by atoms with Gasteiger partial charge < -0.3 is 19.5 Å². The number of methoxy groups -OCH3 is 1. The zero-order valence-electron chi connectivity index (χ0n) is 11.6. The first-order valence-electron chi connectivity index (χ1n) is 6.55. The molecule has 3 rings (SSSR count). The van der Waals surface area contributed by atoms with Crippen molar-refractivity contribution in [2.24, 2.45) is 0 Å². The smallest absolute Gasteiger partial charge is 0.335 e. The van der Waals surface area contributed by atoms with Crippen LogP contribution < -0.4 is 14.4 Å². The second-order valence-corrected chi connectivity index (χ2v) is 4.80. The van der Waals surface area contributed by atoms with E-state index >= 15 is 0 Å². The lowest BCUT2D eigenvalue weighted by molar-refractivity contribution is 0.0697. The highest BCUT2D eigenvalue weighted by molar-refractivity contribution is 5.88. The molecule has 0 unspecified atom stereocenters. The molecule has 0 fully saturated rings. The van der Waals surface area contributed by atoms with E-state index in [0.29, 0.717) is 13.3 Å². The number of rotatable bonds is 3. The van der Waals surface area contributed by atoms with Crippen molar-refractivity contribution >= 4 is 11.7 Å². The van der Waals surface area contributed by atoms with Gasteiger partial charge in [-0.15, -0.1) is 0 Å². The molecule has 0 bridgehead atoms. The fraction of sp³-hybridized carbons (Fsp3) is 0.188. The molecule has 5 nitrogen and oxygen atoms in total. The van der Waals surface area contributed by atoms with E-state index in [0.717, 1.165) is 22.7 Å². The molecular formula is C16H15NO4. The minimum absolute atomic E-state index is 0.268. The van der Waals surface area contributed by atoms with Crippen molar-refractivity contribution in [2.45, 2.75) is 6.54 Å². The van der Waals surface area contributed by atoms with Gasteiger partial charge >= 0.3 is 5.97 Å². The lowest BCUT2D eigenvalue weighted by atomic mass is 10.1. The van der Waals surface area contributed by atoms with Crippen molar-refractivity contribution < 1.29 is 19.4 Å². The van der Waals surface area contributed by atoms with Crippen LogP contribution in [0.25, 0.3) is 0 Å². The number of fused-ring (bicyclic) bond motifs is 1. The van der Waals surface area contributed by atoms with Gasteiger partial charge in [0.25, 0.3) is 0 Å². The van der Waals surface area contributed by atoms with Crippen molar-refractivity contribution in [1.29, 1.82) is 0 Å². The van der Waals surface area contributed by atoms with Gasteiger partial charge in [-0.2, -0.15) is 0 Å². The molecule has 21 heavy (non-hydrogen) atoms. The fourth-order valence-electron chi connectivity index (χ4n) is 2.35. The second-order valence-electron chi connectivity index (χ2n) is 4.80. The van der Waals surface area contributed by atoms with Crippen molar-refractivity contribution in [3.63, 3.8) is 0 Å². The maximum atomic E-state index is 11.1. The first-order chi connectivity index (χ1) is 10.2. The average Bonchev–Trinajstić information content (AvgIpc) is 2.53. The van der Waals surface area contributed by atoms with E-state index in [4.69, 9.17) is 14.6 Å². The zero-order chi connectivity index (χ0) is 14.8. The Bertz CT molecular complexity index is 684. The van der Waals surface area contributed by atoms with Crippen molar-refractivity contribution in [2.75, 3.05) is 18.7 Å². The van der Waals surface area contributed by atoms with E-state index in [9.17, 15) is 4.79 Å². The van der Waals surface area contributed by atoms with Crippen LogP contribution in [0.2, 0.25) is 0 Å². The van der Waals surface area contributed by atoms with Crippen molar-refractivity contribution in [3.8, 4) is 11.5 Å². The molecular weight excluding hydrogens is 270 g/mol. The third kappa shape index (κ3) is 2.63. The largest absolute Gasteiger partial charge is 0.497 e. The van der Waals surface area contributed by atoms with Crippen molar-refractivity contribution in [1.82, 2.24) is 0 Å². The molecule has 5 heteroatoms. The summed E-state index contributed by atoms with van der Waals surface area (Å²) in [5.74, 6) is 0.678. The number of benzene rings is 2. The van der Waals surface area contributed by atoms with Crippen LogP contribution in [0.4, 0.5) is 5.69 Å². The third-order valence-electron chi connectivity index (χ3n) is 3.46. The fourth-order valence-corrected chi connectivity index (χ4v) is 2.35. The summed E-state index contributed by atoms with van der Waals surface area (Å²) >= 11 is 0. The van der Waals surface area contributed by atoms with Gasteiger partial charge in [0.05, 0.1) is 12.7 Å². The van der Waals surface area contributed by atoms with Gasteiger partial charge in [-0.3, -0.25) is 0 Å². The van der Waals surface area contributed by atoms with E-state index < -0.39 is 5.97 Å². The molecule has 0 amide bonds. The maximum absolute atomic E-state index is 11.1. The number of carboxylic acids is 1. The molecule has 0 spiro atoms. The number of carbonyl (C=O) groups is 1. The quantitative estimate of drug-likeness (QED) is 0.939. The van der Waals surface area contributed by atoms with Gasteiger partial charge in [0.1, 0.15) is 11.5 Å². The standard InChI is InChI=1S/C16H15NO4/c1-20-14-5-6-15-12(8-14)9-17(10-21-15)13-4-2-3-11(7-13)16(18)19/h2-8H,9-10H2,1H3,(H,18,19). The summed E-state index contributed by atoms with van der Waals surface area (Å²) in [5.41, 5.74) is 2.11. The number of carboxylic acid groups (broad SMARTS) is 1. The Hall–Kier alpha value is -2.69. The Labute approximate surface area is 122 Å². The molecule has 0 saturated carbocycles. The monoisotopic (exact) mass is 285 g/mol. The number of anilines is 1. The molecule has 0 aromatic heterocycles. The van der Waals surface area contributed by atoms with Gasteiger partial charge in [0.15, 0.2) is 6.73 Å². The predicted molar refractivity (Wildman–Crippen MR) is 78.1 cm³/mol. The number of nitrogens with zero attached hydrogens (tertiary/aromatic N) is 1. The molecule has 0 aliphatic carbocycles. The van der Waals surface area contributed by atoms with Gasteiger partial charge in [0, 0.05) is 17.8 Å². The lowest BCUT2D eigenvalue weighted by Crippen LogP contribution is -2.31. The highest BCUT2D eigenvalue weighted by Crippen LogP contribution is 2.31. The minimum atomic E-state index is -0.933. The van der Waals surface area contributed by atoms with Gasteiger partial charge in [0.2, 0.25) is 0 Å². The summed E-state index contributed by atoms with van der Waals surface area (Å²) in [6, 6.07) is 12.5. The number of hydrogen-bond donors (Lipinski definition) is 1.